The van der Waals surface area contributed by atoms with Crippen molar-refractivity contribution in [2.75, 3.05) is 39.6 Å². The van der Waals surface area contributed by atoms with Crippen molar-refractivity contribution in [3.8, 4) is 0 Å². The first-order valence-corrected chi connectivity index (χ1v) is 12.2. The Labute approximate surface area is 187 Å². The van der Waals surface area contributed by atoms with E-state index in [2.05, 4.69) is 0 Å². The van der Waals surface area contributed by atoms with Gasteiger partial charge in [0.05, 0.1) is 64.1 Å². The number of fused-ring (bicyclic) bond motifs is 4. The molecule has 2 aliphatic heterocycles. The van der Waals surface area contributed by atoms with Crippen molar-refractivity contribution in [3.63, 3.8) is 0 Å². The molecule has 4 saturated carbocycles. The number of ether oxygens (including phenoxy) is 6. The SMILES string of the molecule is OC(COC1CC2(F)CC1CC2OCC1CO1)COC1CC2CC1(F)CC2OCC1CO1. The summed E-state index contributed by atoms with van der Waals surface area (Å²) in [5, 5.41) is 10.3. The number of epoxide rings is 2. The van der Waals surface area contributed by atoms with Crippen LogP contribution in [-0.2, 0) is 28.4 Å². The van der Waals surface area contributed by atoms with Crippen molar-refractivity contribution in [2.24, 2.45) is 11.8 Å². The number of hydrogen-bond donors (Lipinski definition) is 1. The Hall–Kier alpha value is -0.420. The summed E-state index contributed by atoms with van der Waals surface area (Å²) in [6.07, 6.45) is 1.10. The lowest BCUT2D eigenvalue weighted by Gasteiger charge is -2.33. The molecule has 6 fully saturated rings. The van der Waals surface area contributed by atoms with Gasteiger partial charge in [-0.2, -0.15) is 0 Å². The Balaban J connectivity index is 0.901. The molecule has 0 radical (unpaired) electrons. The van der Waals surface area contributed by atoms with Crippen molar-refractivity contribution >= 4 is 0 Å². The molecule has 7 nitrogen and oxygen atoms in total. The third-order valence-electron chi connectivity index (χ3n) is 8.30. The minimum Gasteiger partial charge on any atom is -0.388 e. The predicted octanol–water partition coefficient (Wildman–Crippen LogP) is 1.73. The third-order valence-corrected chi connectivity index (χ3v) is 8.30. The van der Waals surface area contributed by atoms with E-state index in [-0.39, 0.29) is 55.6 Å². The molecule has 0 spiro atoms. The largest absolute Gasteiger partial charge is 0.388 e. The molecule has 4 bridgehead atoms. The average molecular weight is 461 g/mol. The molecule has 6 rings (SSSR count). The van der Waals surface area contributed by atoms with Crippen LogP contribution in [0.2, 0.25) is 0 Å². The zero-order valence-corrected chi connectivity index (χ0v) is 18.3. The smallest absolute Gasteiger partial charge is 0.139 e. The van der Waals surface area contributed by atoms with Gasteiger partial charge >= 0.3 is 0 Å². The van der Waals surface area contributed by atoms with Gasteiger partial charge in [-0.25, -0.2) is 8.78 Å². The number of aliphatic hydroxyl groups is 1. The van der Waals surface area contributed by atoms with E-state index in [4.69, 9.17) is 28.4 Å². The van der Waals surface area contributed by atoms with Gasteiger partial charge in [0.2, 0.25) is 0 Å². The third kappa shape index (κ3) is 4.46. The maximum absolute atomic E-state index is 15.3. The second-order valence-corrected chi connectivity index (χ2v) is 10.8. The lowest BCUT2D eigenvalue weighted by atomic mass is 9.93. The number of rotatable bonds is 12. The van der Waals surface area contributed by atoms with E-state index in [1.807, 2.05) is 0 Å². The fraction of sp³-hybridized carbons (Fsp3) is 1.00. The van der Waals surface area contributed by atoms with Crippen molar-refractivity contribution in [1.82, 2.24) is 0 Å². The average Bonchev–Trinajstić information content (AvgIpc) is 3.66. The molecule has 11 atom stereocenters. The zero-order valence-electron chi connectivity index (χ0n) is 18.3. The van der Waals surface area contributed by atoms with Gasteiger partial charge in [-0.1, -0.05) is 0 Å². The fourth-order valence-corrected chi connectivity index (χ4v) is 6.39. The molecule has 0 aromatic heterocycles. The molecule has 6 aliphatic rings. The van der Waals surface area contributed by atoms with Gasteiger partial charge in [0, 0.05) is 12.8 Å². The molecule has 4 aliphatic carbocycles. The van der Waals surface area contributed by atoms with Crippen LogP contribution in [0.4, 0.5) is 8.78 Å². The lowest BCUT2D eigenvalue weighted by molar-refractivity contribution is -0.123. The van der Waals surface area contributed by atoms with Gasteiger partial charge in [-0.05, 0) is 37.5 Å². The molecule has 11 unspecified atom stereocenters. The molecule has 0 aromatic rings. The quantitative estimate of drug-likeness (QED) is 0.444. The summed E-state index contributed by atoms with van der Waals surface area (Å²) in [6.45, 7) is 2.54. The first-order valence-electron chi connectivity index (χ1n) is 12.2. The molecule has 2 saturated heterocycles. The highest BCUT2D eigenvalue weighted by molar-refractivity contribution is 5.10. The highest BCUT2D eigenvalue weighted by Gasteiger charge is 2.60. The summed E-state index contributed by atoms with van der Waals surface area (Å²) in [5.74, 6) is 0.268. The minimum atomic E-state index is -1.38. The van der Waals surface area contributed by atoms with Gasteiger partial charge < -0.3 is 33.5 Å². The Morgan fingerprint density at radius 2 is 1.25 bits per heavy atom. The van der Waals surface area contributed by atoms with Gasteiger partial charge in [-0.15, -0.1) is 0 Å². The maximum Gasteiger partial charge on any atom is 0.139 e. The summed E-state index contributed by atoms with van der Waals surface area (Å²) < 4.78 is 64.0. The van der Waals surface area contributed by atoms with E-state index < -0.39 is 23.5 Å². The summed E-state index contributed by atoms with van der Waals surface area (Å²) in [4.78, 5) is 0. The van der Waals surface area contributed by atoms with Crippen LogP contribution < -0.4 is 0 Å². The monoisotopic (exact) mass is 460 g/mol. The van der Waals surface area contributed by atoms with E-state index in [1.54, 1.807) is 0 Å². The number of hydrogen-bond acceptors (Lipinski definition) is 7. The maximum atomic E-state index is 15.3. The predicted molar refractivity (Wildman–Crippen MR) is 107 cm³/mol. The molecular weight excluding hydrogens is 426 g/mol. The van der Waals surface area contributed by atoms with Crippen molar-refractivity contribution < 1.29 is 42.3 Å². The Kier molecular flexibility index (Phi) is 5.76. The van der Waals surface area contributed by atoms with E-state index in [0.717, 1.165) is 6.61 Å². The van der Waals surface area contributed by atoms with Crippen LogP contribution in [0.15, 0.2) is 0 Å². The second-order valence-electron chi connectivity index (χ2n) is 10.8. The summed E-state index contributed by atoms with van der Waals surface area (Å²) in [6, 6.07) is 0. The van der Waals surface area contributed by atoms with Crippen molar-refractivity contribution in [1.29, 1.82) is 0 Å². The summed E-state index contributed by atoms with van der Waals surface area (Å²) >= 11 is 0. The Morgan fingerprint density at radius 3 is 1.78 bits per heavy atom. The normalized spacial score (nSPS) is 51.5. The van der Waals surface area contributed by atoms with Crippen LogP contribution in [0, 0.1) is 11.8 Å². The van der Waals surface area contributed by atoms with Crippen LogP contribution in [0.5, 0.6) is 0 Å². The molecule has 32 heavy (non-hydrogen) atoms. The van der Waals surface area contributed by atoms with E-state index >= 15 is 8.78 Å². The fourth-order valence-electron chi connectivity index (χ4n) is 6.39. The molecule has 0 amide bonds. The number of halogens is 2. The first kappa shape index (κ1) is 22.1. The van der Waals surface area contributed by atoms with Crippen LogP contribution in [0.25, 0.3) is 0 Å². The highest BCUT2D eigenvalue weighted by Crippen LogP contribution is 2.54. The molecule has 1 N–H and O–H groups in total. The first-order chi connectivity index (χ1) is 15.4. The van der Waals surface area contributed by atoms with Crippen LogP contribution >= 0.6 is 0 Å². The molecular formula is C23H34F2O7. The van der Waals surface area contributed by atoms with Crippen LogP contribution in [0.1, 0.15) is 38.5 Å². The van der Waals surface area contributed by atoms with Gasteiger partial charge in [0.15, 0.2) is 0 Å². The van der Waals surface area contributed by atoms with E-state index in [0.29, 0.717) is 58.3 Å². The second kappa shape index (κ2) is 8.36. The highest BCUT2D eigenvalue weighted by atomic mass is 19.1. The van der Waals surface area contributed by atoms with Crippen LogP contribution in [0.3, 0.4) is 0 Å². The molecule has 9 heteroatoms. The Morgan fingerprint density at radius 1 is 0.750 bits per heavy atom. The topological polar surface area (TPSA) is 82.2 Å². The van der Waals surface area contributed by atoms with E-state index in [1.165, 1.54) is 0 Å². The van der Waals surface area contributed by atoms with E-state index in [9.17, 15) is 5.11 Å². The summed E-state index contributed by atoms with van der Waals surface area (Å²) in [5.41, 5.74) is -2.73. The van der Waals surface area contributed by atoms with Gasteiger partial charge in [-0.3, -0.25) is 0 Å². The van der Waals surface area contributed by atoms with Crippen molar-refractivity contribution in [2.45, 2.75) is 92.6 Å². The van der Waals surface area contributed by atoms with Crippen molar-refractivity contribution in [3.05, 3.63) is 0 Å². The molecule has 182 valence electrons. The lowest BCUT2D eigenvalue weighted by Crippen LogP contribution is -2.42. The van der Waals surface area contributed by atoms with Gasteiger partial charge in [0.1, 0.15) is 29.6 Å². The molecule has 0 aromatic carbocycles. The zero-order chi connectivity index (χ0) is 21.9. The number of alkyl halides is 2. The standard InChI is InChI=1S/C23H34F2O7/c24-22-4-14(19(6-22)30-11-16-9-27-16)1-20(22)31-8-15(26)7-29-18-5-23(25)3-13(18)2-21(23)32-12-17-10-28-17/h13-21,26H,1-12H2. The minimum absolute atomic E-state index is 0.0236. The number of aliphatic hydroxyl groups excluding tert-OH is 1. The van der Waals surface area contributed by atoms with Crippen LogP contribution in [-0.4, -0.2) is 98.8 Å². The summed E-state index contributed by atoms with van der Waals surface area (Å²) in [7, 11) is 0. The van der Waals surface area contributed by atoms with Gasteiger partial charge in [0.25, 0.3) is 0 Å². The Bertz CT molecular complexity index is 691. The molecule has 2 heterocycles.